The average molecular weight is 197 g/mol. The zero-order chi connectivity index (χ0) is 10.4. The Kier molecular flexibility index (Phi) is 4.46. The van der Waals surface area contributed by atoms with Crippen LogP contribution in [0, 0.1) is 0 Å². The highest BCUT2D eigenvalue weighted by atomic mass is 16.5. The standard InChI is InChI=1S/C10H19N3O/c1-9(2)13-8-10(7-12-13)14-6-4-3-5-11/h7-9H,3-6,11H2,1-2H3. The number of rotatable bonds is 6. The molecule has 1 heterocycles. The van der Waals surface area contributed by atoms with E-state index >= 15 is 0 Å². The molecule has 0 amide bonds. The van der Waals surface area contributed by atoms with Gasteiger partial charge in [-0.25, -0.2) is 0 Å². The van der Waals surface area contributed by atoms with E-state index < -0.39 is 0 Å². The van der Waals surface area contributed by atoms with Crippen molar-refractivity contribution in [2.24, 2.45) is 5.73 Å². The van der Waals surface area contributed by atoms with Crippen LogP contribution in [0.1, 0.15) is 32.7 Å². The maximum absolute atomic E-state index is 5.50. The van der Waals surface area contributed by atoms with Crippen LogP contribution in [0.4, 0.5) is 0 Å². The predicted molar refractivity (Wildman–Crippen MR) is 56.4 cm³/mol. The molecule has 4 heteroatoms. The van der Waals surface area contributed by atoms with Crippen molar-refractivity contribution < 1.29 is 4.74 Å². The molecule has 1 aromatic heterocycles. The summed E-state index contributed by atoms with van der Waals surface area (Å²) in [6.07, 6.45) is 5.69. The molecule has 0 aliphatic heterocycles. The van der Waals surface area contributed by atoms with E-state index in [0.29, 0.717) is 6.04 Å². The van der Waals surface area contributed by atoms with Crippen LogP contribution < -0.4 is 10.5 Å². The maximum atomic E-state index is 5.50. The highest BCUT2D eigenvalue weighted by Gasteiger charge is 2.01. The Morgan fingerprint density at radius 2 is 2.29 bits per heavy atom. The van der Waals surface area contributed by atoms with Crippen LogP contribution >= 0.6 is 0 Å². The van der Waals surface area contributed by atoms with E-state index in [1.54, 1.807) is 6.20 Å². The van der Waals surface area contributed by atoms with Crippen molar-refractivity contribution in [3.8, 4) is 5.75 Å². The molecule has 0 aliphatic carbocycles. The van der Waals surface area contributed by atoms with E-state index in [-0.39, 0.29) is 0 Å². The lowest BCUT2D eigenvalue weighted by molar-refractivity contribution is 0.307. The number of hydrogen-bond donors (Lipinski definition) is 1. The molecule has 2 N–H and O–H groups in total. The lowest BCUT2D eigenvalue weighted by Gasteiger charge is -2.04. The third-order valence-electron chi connectivity index (χ3n) is 1.97. The van der Waals surface area contributed by atoms with Crippen LogP contribution in [0.15, 0.2) is 12.4 Å². The van der Waals surface area contributed by atoms with Gasteiger partial charge in [-0.15, -0.1) is 0 Å². The number of unbranched alkanes of at least 4 members (excludes halogenated alkanes) is 1. The normalized spacial score (nSPS) is 10.9. The van der Waals surface area contributed by atoms with Gasteiger partial charge in [0.05, 0.1) is 19.0 Å². The minimum atomic E-state index is 0.386. The number of nitrogens with two attached hydrogens (primary N) is 1. The van der Waals surface area contributed by atoms with Crippen LogP contribution in [0.25, 0.3) is 0 Å². The molecule has 80 valence electrons. The number of hydrogen-bond acceptors (Lipinski definition) is 3. The molecule has 4 nitrogen and oxygen atoms in total. The fourth-order valence-corrected chi connectivity index (χ4v) is 1.11. The molecule has 0 radical (unpaired) electrons. The Morgan fingerprint density at radius 1 is 1.50 bits per heavy atom. The van der Waals surface area contributed by atoms with Gasteiger partial charge in [-0.05, 0) is 33.2 Å². The van der Waals surface area contributed by atoms with Gasteiger partial charge in [0.15, 0.2) is 5.75 Å². The van der Waals surface area contributed by atoms with Gasteiger partial charge in [0.25, 0.3) is 0 Å². The lowest BCUT2D eigenvalue weighted by atomic mass is 10.3. The molecule has 0 saturated carbocycles. The Balaban J connectivity index is 2.29. The maximum Gasteiger partial charge on any atom is 0.157 e. The summed E-state index contributed by atoms with van der Waals surface area (Å²) < 4.78 is 7.39. The lowest BCUT2D eigenvalue weighted by Crippen LogP contribution is -2.03. The minimum absolute atomic E-state index is 0.386. The minimum Gasteiger partial charge on any atom is -0.490 e. The first-order chi connectivity index (χ1) is 6.74. The molecule has 0 aliphatic rings. The zero-order valence-electron chi connectivity index (χ0n) is 8.94. The van der Waals surface area contributed by atoms with Gasteiger partial charge in [-0.1, -0.05) is 0 Å². The highest BCUT2D eigenvalue weighted by Crippen LogP contribution is 2.12. The van der Waals surface area contributed by atoms with Gasteiger partial charge >= 0.3 is 0 Å². The summed E-state index contributed by atoms with van der Waals surface area (Å²) >= 11 is 0. The van der Waals surface area contributed by atoms with E-state index in [1.165, 1.54) is 0 Å². The molecule has 0 aromatic carbocycles. The fraction of sp³-hybridized carbons (Fsp3) is 0.700. The van der Waals surface area contributed by atoms with Crippen molar-refractivity contribution in [3.05, 3.63) is 12.4 Å². The third kappa shape index (κ3) is 3.38. The van der Waals surface area contributed by atoms with Crippen LogP contribution in [0.5, 0.6) is 5.75 Å². The van der Waals surface area contributed by atoms with E-state index in [2.05, 4.69) is 18.9 Å². The summed E-state index contributed by atoms with van der Waals surface area (Å²) in [5.41, 5.74) is 5.38. The molecular formula is C10H19N3O. The summed E-state index contributed by atoms with van der Waals surface area (Å²) in [5, 5.41) is 4.18. The molecule has 1 rings (SSSR count). The first-order valence-corrected chi connectivity index (χ1v) is 5.11. The molecule has 0 fully saturated rings. The summed E-state index contributed by atoms with van der Waals surface area (Å²) in [4.78, 5) is 0. The van der Waals surface area contributed by atoms with Gasteiger partial charge in [-0.2, -0.15) is 5.10 Å². The second-order valence-electron chi connectivity index (χ2n) is 3.59. The molecule has 1 aromatic rings. The smallest absolute Gasteiger partial charge is 0.157 e. The SMILES string of the molecule is CC(C)n1cc(OCCCCN)cn1. The Bertz CT molecular complexity index is 258. The van der Waals surface area contributed by atoms with Crippen molar-refractivity contribution in [2.45, 2.75) is 32.7 Å². The van der Waals surface area contributed by atoms with Gasteiger partial charge < -0.3 is 10.5 Å². The second kappa shape index (κ2) is 5.65. The van der Waals surface area contributed by atoms with Crippen LogP contribution in [-0.2, 0) is 0 Å². The predicted octanol–water partition coefficient (Wildman–Crippen LogP) is 1.58. The first-order valence-electron chi connectivity index (χ1n) is 5.11. The topological polar surface area (TPSA) is 53.1 Å². The van der Waals surface area contributed by atoms with Gasteiger partial charge in [0, 0.05) is 6.04 Å². The number of aromatic nitrogens is 2. The van der Waals surface area contributed by atoms with Gasteiger partial charge in [-0.3, -0.25) is 4.68 Å². The second-order valence-corrected chi connectivity index (χ2v) is 3.59. The van der Waals surface area contributed by atoms with E-state index in [1.807, 2.05) is 10.9 Å². The Labute approximate surface area is 85.0 Å². The first kappa shape index (κ1) is 11.0. The third-order valence-corrected chi connectivity index (χ3v) is 1.97. The Morgan fingerprint density at radius 3 is 2.86 bits per heavy atom. The zero-order valence-corrected chi connectivity index (χ0v) is 8.94. The van der Waals surface area contributed by atoms with E-state index in [9.17, 15) is 0 Å². The fourth-order valence-electron chi connectivity index (χ4n) is 1.11. The van der Waals surface area contributed by atoms with Gasteiger partial charge in [0.1, 0.15) is 0 Å². The number of nitrogens with zero attached hydrogens (tertiary/aromatic N) is 2. The molecule has 14 heavy (non-hydrogen) atoms. The summed E-state index contributed by atoms with van der Waals surface area (Å²) in [5.74, 6) is 0.843. The molecular weight excluding hydrogens is 178 g/mol. The van der Waals surface area contributed by atoms with Crippen molar-refractivity contribution in [1.29, 1.82) is 0 Å². The quantitative estimate of drug-likeness (QED) is 0.704. The van der Waals surface area contributed by atoms with Crippen LogP contribution in [0.2, 0.25) is 0 Å². The summed E-state index contributed by atoms with van der Waals surface area (Å²) in [6, 6.07) is 0.386. The average Bonchev–Trinajstić information content (AvgIpc) is 2.61. The summed E-state index contributed by atoms with van der Waals surface area (Å²) in [6.45, 7) is 5.63. The Hall–Kier alpha value is -1.03. The van der Waals surface area contributed by atoms with Crippen molar-refractivity contribution in [3.63, 3.8) is 0 Å². The van der Waals surface area contributed by atoms with Crippen molar-refractivity contribution in [1.82, 2.24) is 9.78 Å². The summed E-state index contributed by atoms with van der Waals surface area (Å²) in [7, 11) is 0. The van der Waals surface area contributed by atoms with Crippen molar-refractivity contribution in [2.75, 3.05) is 13.2 Å². The van der Waals surface area contributed by atoms with Crippen LogP contribution in [-0.4, -0.2) is 22.9 Å². The van der Waals surface area contributed by atoms with Crippen molar-refractivity contribution >= 4 is 0 Å². The van der Waals surface area contributed by atoms with E-state index in [0.717, 1.165) is 31.7 Å². The molecule has 0 saturated heterocycles. The molecule has 0 spiro atoms. The van der Waals surface area contributed by atoms with E-state index in [4.69, 9.17) is 10.5 Å². The largest absolute Gasteiger partial charge is 0.490 e. The monoisotopic (exact) mass is 197 g/mol. The molecule has 0 unspecified atom stereocenters. The molecule has 0 atom stereocenters. The van der Waals surface area contributed by atoms with Gasteiger partial charge in [0.2, 0.25) is 0 Å². The molecule has 0 bridgehead atoms. The highest BCUT2D eigenvalue weighted by molar-refractivity contribution is 5.11. The number of ether oxygens (including phenoxy) is 1. The van der Waals surface area contributed by atoms with Crippen LogP contribution in [0.3, 0.4) is 0 Å².